The lowest BCUT2D eigenvalue weighted by atomic mass is 9.95. The molecule has 3 amide bonds. The minimum Gasteiger partial charge on any atom is -0.466 e. The van der Waals surface area contributed by atoms with Gasteiger partial charge in [-0.05, 0) is 19.8 Å². The molecule has 2 heterocycles. The van der Waals surface area contributed by atoms with Crippen LogP contribution < -0.4 is 5.32 Å². The zero-order chi connectivity index (χ0) is 19.2. The maximum atomic E-state index is 12.3. The molecule has 0 atom stereocenters. The van der Waals surface area contributed by atoms with Crippen LogP contribution in [0.3, 0.4) is 0 Å². The van der Waals surface area contributed by atoms with Crippen LogP contribution in [0.25, 0.3) is 0 Å². The van der Waals surface area contributed by atoms with Crippen LogP contribution in [-0.4, -0.2) is 63.0 Å². The lowest BCUT2D eigenvalue weighted by Crippen LogP contribution is -2.35. The monoisotopic (exact) mass is 395 g/mol. The molecule has 0 unspecified atom stereocenters. The molecule has 1 aliphatic carbocycles. The molecule has 3 rings (SSSR count). The van der Waals surface area contributed by atoms with Gasteiger partial charge in [-0.15, -0.1) is 10.2 Å². The normalized spacial score (nSPS) is 17.8. The van der Waals surface area contributed by atoms with Crippen molar-refractivity contribution in [3.63, 3.8) is 0 Å². The van der Waals surface area contributed by atoms with Gasteiger partial charge in [0.1, 0.15) is 12.2 Å². The zero-order valence-corrected chi connectivity index (χ0v) is 16.3. The number of urea groups is 1. The number of rotatable bonds is 7. The highest BCUT2D eigenvalue weighted by molar-refractivity contribution is 7.99. The molecule has 27 heavy (non-hydrogen) atoms. The molecule has 0 radical (unpaired) electrons. The molecule has 1 aromatic heterocycles. The fourth-order valence-corrected chi connectivity index (χ4v) is 4.39. The number of hydrogen-bond acceptors (Lipinski definition) is 7. The number of carbonyl (C=O) groups is 3. The first kappa shape index (κ1) is 19.7. The molecular formula is C17H25N5O4S. The predicted octanol–water partition coefficient (Wildman–Crippen LogP) is 1.53. The van der Waals surface area contributed by atoms with E-state index in [2.05, 4.69) is 15.5 Å². The van der Waals surface area contributed by atoms with Crippen LogP contribution in [0.1, 0.15) is 50.9 Å². The average molecular weight is 395 g/mol. The lowest BCUT2D eigenvalue weighted by Gasteiger charge is -2.25. The first-order valence-electron chi connectivity index (χ1n) is 9.40. The molecular weight excluding hydrogens is 370 g/mol. The molecule has 1 N–H and O–H groups in total. The van der Waals surface area contributed by atoms with E-state index < -0.39 is 0 Å². The van der Waals surface area contributed by atoms with Crippen LogP contribution in [0, 0.1) is 0 Å². The highest BCUT2D eigenvalue weighted by Gasteiger charge is 2.28. The van der Waals surface area contributed by atoms with Gasteiger partial charge in [0, 0.05) is 19.1 Å². The highest BCUT2D eigenvalue weighted by Crippen LogP contribution is 2.33. The third kappa shape index (κ3) is 4.79. The molecule has 2 aliphatic rings. The number of carbonyl (C=O) groups excluding carboxylic acids is 3. The van der Waals surface area contributed by atoms with E-state index in [4.69, 9.17) is 4.74 Å². The van der Waals surface area contributed by atoms with E-state index >= 15 is 0 Å². The van der Waals surface area contributed by atoms with Gasteiger partial charge in [0.25, 0.3) is 0 Å². The minimum absolute atomic E-state index is 0.0698. The van der Waals surface area contributed by atoms with Gasteiger partial charge in [0.05, 0.1) is 12.4 Å². The Hall–Kier alpha value is -2.10. The van der Waals surface area contributed by atoms with Crippen molar-refractivity contribution in [3.8, 4) is 0 Å². The summed E-state index contributed by atoms with van der Waals surface area (Å²) in [5.41, 5.74) is 0. The number of thioether (sulfide) groups is 1. The fraction of sp³-hybridized carbons (Fsp3) is 0.706. The molecule has 1 aliphatic heterocycles. The summed E-state index contributed by atoms with van der Waals surface area (Å²) in [4.78, 5) is 37.1. The summed E-state index contributed by atoms with van der Waals surface area (Å²) in [7, 11) is 0. The number of esters is 1. The summed E-state index contributed by atoms with van der Waals surface area (Å²) in [5, 5.41) is 11.7. The summed E-state index contributed by atoms with van der Waals surface area (Å²) < 4.78 is 7.04. The van der Waals surface area contributed by atoms with Crippen LogP contribution in [0.4, 0.5) is 4.79 Å². The second-order valence-corrected chi connectivity index (χ2v) is 7.55. The molecule has 148 valence electrons. The number of nitrogens with one attached hydrogen (secondary N) is 1. The molecule has 0 bridgehead atoms. The van der Waals surface area contributed by atoms with E-state index in [0.717, 1.165) is 25.7 Å². The van der Waals surface area contributed by atoms with Crippen molar-refractivity contribution in [1.82, 2.24) is 25.0 Å². The first-order chi connectivity index (χ1) is 13.1. The molecule has 1 saturated heterocycles. The van der Waals surface area contributed by atoms with Crippen molar-refractivity contribution in [2.75, 3.05) is 25.4 Å². The summed E-state index contributed by atoms with van der Waals surface area (Å²) in [6.45, 7) is 2.97. The van der Waals surface area contributed by atoms with Crippen molar-refractivity contribution in [2.24, 2.45) is 0 Å². The van der Waals surface area contributed by atoms with Crippen molar-refractivity contribution in [3.05, 3.63) is 5.82 Å². The zero-order valence-electron chi connectivity index (χ0n) is 15.5. The van der Waals surface area contributed by atoms with E-state index in [1.165, 1.54) is 23.1 Å². The highest BCUT2D eigenvalue weighted by atomic mass is 32.2. The molecule has 2 fully saturated rings. The summed E-state index contributed by atoms with van der Waals surface area (Å²) in [5.74, 6) is 0.107. The van der Waals surface area contributed by atoms with Gasteiger partial charge in [-0.3, -0.25) is 14.5 Å². The van der Waals surface area contributed by atoms with E-state index in [1.807, 2.05) is 4.57 Å². The van der Waals surface area contributed by atoms with Crippen LogP contribution in [-0.2, 0) is 20.7 Å². The summed E-state index contributed by atoms with van der Waals surface area (Å²) in [6, 6.07) is -0.122. The smallest absolute Gasteiger partial charge is 0.324 e. The lowest BCUT2D eigenvalue weighted by molar-refractivity contribution is -0.142. The average Bonchev–Trinajstić information content (AvgIpc) is 3.27. The predicted molar refractivity (Wildman–Crippen MR) is 98.3 cm³/mol. The van der Waals surface area contributed by atoms with Gasteiger partial charge in [0.15, 0.2) is 5.16 Å². The molecule has 10 heteroatoms. The van der Waals surface area contributed by atoms with Crippen molar-refractivity contribution in [1.29, 1.82) is 0 Å². The van der Waals surface area contributed by atoms with Crippen molar-refractivity contribution < 1.29 is 19.1 Å². The Kier molecular flexibility index (Phi) is 6.70. The Labute approximate surface area is 162 Å². The standard InChI is InChI=1S/C17H25N5O4S/c1-2-26-15(24)10-13-19-20-17(22(13)12-6-4-3-5-7-12)27-11-14(23)21-9-8-18-16(21)25/h12H,2-11H2,1H3,(H,18,25). The van der Waals surface area contributed by atoms with Gasteiger partial charge in [0.2, 0.25) is 5.91 Å². The van der Waals surface area contributed by atoms with Gasteiger partial charge >= 0.3 is 12.0 Å². The maximum absolute atomic E-state index is 12.3. The summed E-state index contributed by atoms with van der Waals surface area (Å²) in [6.07, 6.45) is 5.53. The number of aromatic nitrogens is 3. The molecule has 1 saturated carbocycles. The Bertz CT molecular complexity index is 701. The quantitative estimate of drug-likeness (QED) is 0.551. The second kappa shape index (κ2) is 9.20. The SMILES string of the molecule is CCOC(=O)Cc1nnc(SCC(=O)N2CCNC2=O)n1C1CCCCC1. The third-order valence-electron chi connectivity index (χ3n) is 4.77. The van der Waals surface area contributed by atoms with Crippen LogP contribution >= 0.6 is 11.8 Å². The van der Waals surface area contributed by atoms with Gasteiger partial charge in [-0.1, -0.05) is 31.0 Å². The first-order valence-corrected chi connectivity index (χ1v) is 10.4. The Morgan fingerprint density at radius 3 is 2.70 bits per heavy atom. The van der Waals surface area contributed by atoms with Crippen LogP contribution in [0.15, 0.2) is 5.16 Å². The number of amides is 3. The fourth-order valence-electron chi connectivity index (χ4n) is 3.49. The topological polar surface area (TPSA) is 106 Å². The van der Waals surface area contributed by atoms with E-state index in [0.29, 0.717) is 30.7 Å². The van der Waals surface area contributed by atoms with Gasteiger partial charge in [-0.25, -0.2) is 4.79 Å². The number of ether oxygens (including phenoxy) is 1. The number of imide groups is 1. The minimum atomic E-state index is -0.350. The molecule has 0 aromatic carbocycles. The number of nitrogens with zero attached hydrogens (tertiary/aromatic N) is 4. The van der Waals surface area contributed by atoms with E-state index in [-0.39, 0.29) is 36.1 Å². The largest absolute Gasteiger partial charge is 0.466 e. The maximum Gasteiger partial charge on any atom is 0.324 e. The summed E-state index contributed by atoms with van der Waals surface area (Å²) >= 11 is 1.26. The molecule has 1 aromatic rings. The third-order valence-corrected chi connectivity index (χ3v) is 5.69. The molecule has 9 nitrogen and oxygen atoms in total. The van der Waals surface area contributed by atoms with Crippen molar-refractivity contribution >= 4 is 29.7 Å². The molecule has 0 spiro atoms. The van der Waals surface area contributed by atoms with E-state index in [1.54, 1.807) is 6.92 Å². The Morgan fingerprint density at radius 2 is 2.04 bits per heavy atom. The Morgan fingerprint density at radius 1 is 1.26 bits per heavy atom. The van der Waals surface area contributed by atoms with Crippen molar-refractivity contribution in [2.45, 2.75) is 56.6 Å². The number of hydrogen-bond donors (Lipinski definition) is 1. The van der Waals surface area contributed by atoms with Gasteiger partial charge in [-0.2, -0.15) is 0 Å². The second-order valence-electron chi connectivity index (χ2n) is 6.61. The van der Waals surface area contributed by atoms with Crippen LogP contribution in [0.5, 0.6) is 0 Å². The Balaban J connectivity index is 1.73. The van der Waals surface area contributed by atoms with Gasteiger partial charge < -0.3 is 14.6 Å². The van der Waals surface area contributed by atoms with E-state index in [9.17, 15) is 14.4 Å². The van der Waals surface area contributed by atoms with Crippen LogP contribution in [0.2, 0.25) is 0 Å².